The number of hydrogen-bond acceptors (Lipinski definition) is 4. The molecule has 0 radical (unpaired) electrons. The van der Waals surface area contributed by atoms with Gasteiger partial charge < -0.3 is 10.6 Å². The number of amides is 2. The Morgan fingerprint density at radius 1 is 1.07 bits per heavy atom. The molecular weight excluding hydrogens is 402 g/mol. The van der Waals surface area contributed by atoms with E-state index in [2.05, 4.69) is 10.6 Å². The van der Waals surface area contributed by atoms with Gasteiger partial charge in [0.05, 0.1) is 11.9 Å². The van der Waals surface area contributed by atoms with Crippen LogP contribution in [0.3, 0.4) is 0 Å². The van der Waals surface area contributed by atoms with Crippen molar-refractivity contribution in [2.24, 2.45) is 0 Å². The Kier molecular flexibility index (Phi) is 7.04. The molecule has 0 unspecified atom stereocenters. The summed E-state index contributed by atoms with van der Waals surface area (Å²) in [5, 5.41) is 5.72. The van der Waals surface area contributed by atoms with E-state index in [1.165, 1.54) is 13.0 Å². The van der Waals surface area contributed by atoms with E-state index < -0.39 is 22.0 Å². The Labute approximate surface area is 169 Å². The first-order valence-corrected chi connectivity index (χ1v) is 10.8. The van der Waals surface area contributed by atoms with Crippen LogP contribution in [-0.4, -0.2) is 32.5 Å². The van der Waals surface area contributed by atoms with Crippen molar-refractivity contribution < 1.29 is 18.0 Å². The molecule has 0 aliphatic carbocycles. The van der Waals surface area contributed by atoms with E-state index in [1.807, 2.05) is 0 Å². The number of halogens is 1. The van der Waals surface area contributed by atoms with Gasteiger partial charge in [-0.15, -0.1) is 0 Å². The van der Waals surface area contributed by atoms with Gasteiger partial charge in [-0.25, -0.2) is 8.42 Å². The molecule has 2 aromatic carbocycles. The third-order valence-corrected chi connectivity index (χ3v) is 5.28. The molecule has 2 N–H and O–H groups in total. The third kappa shape index (κ3) is 5.71. The van der Waals surface area contributed by atoms with E-state index in [1.54, 1.807) is 49.4 Å². The molecule has 0 aromatic heterocycles. The molecule has 9 heteroatoms. The average molecular weight is 424 g/mol. The number of hydrogen-bond donors (Lipinski definition) is 2. The molecule has 0 bridgehead atoms. The Bertz CT molecular complexity index is 961. The van der Waals surface area contributed by atoms with Gasteiger partial charge in [-0.05, 0) is 48.9 Å². The number of sulfonamides is 1. The second-order valence-corrected chi connectivity index (χ2v) is 8.51. The van der Waals surface area contributed by atoms with Gasteiger partial charge in [0.25, 0.3) is 0 Å². The van der Waals surface area contributed by atoms with E-state index in [0.717, 1.165) is 10.6 Å². The van der Waals surface area contributed by atoms with Crippen molar-refractivity contribution in [2.75, 3.05) is 21.2 Å². The van der Waals surface area contributed by atoms with Gasteiger partial charge in [0.15, 0.2) is 0 Å². The minimum atomic E-state index is -3.74. The lowest BCUT2D eigenvalue weighted by molar-refractivity contribution is -0.117. The summed E-state index contributed by atoms with van der Waals surface area (Å²) in [4.78, 5) is 23.9. The largest absolute Gasteiger partial charge is 0.326 e. The molecular formula is C19H22ClN3O4S. The molecule has 2 aromatic rings. The van der Waals surface area contributed by atoms with Crippen LogP contribution in [0.1, 0.15) is 20.3 Å². The topological polar surface area (TPSA) is 95.6 Å². The summed E-state index contributed by atoms with van der Waals surface area (Å²) in [7, 11) is -3.74. The van der Waals surface area contributed by atoms with Gasteiger partial charge in [0.2, 0.25) is 21.8 Å². The first kappa shape index (κ1) is 21.7. The highest BCUT2D eigenvalue weighted by molar-refractivity contribution is 7.92. The lowest BCUT2D eigenvalue weighted by Crippen LogP contribution is -2.47. The highest BCUT2D eigenvalue weighted by Gasteiger charge is 2.31. The van der Waals surface area contributed by atoms with Crippen LogP contribution in [-0.2, 0) is 19.6 Å². The molecule has 28 heavy (non-hydrogen) atoms. The zero-order valence-electron chi connectivity index (χ0n) is 15.8. The number of carbonyl (C=O) groups excluding carboxylic acids is 2. The van der Waals surface area contributed by atoms with Crippen LogP contribution in [0.5, 0.6) is 0 Å². The second-order valence-electron chi connectivity index (χ2n) is 6.21. The molecule has 0 spiro atoms. The van der Waals surface area contributed by atoms with Crippen molar-refractivity contribution >= 4 is 50.5 Å². The van der Waals surface area contributed by atoms with E-state index in [0.29, 0.717) is 22.1 Å². The Balaban J connectivity index is 2.28. The Morgan fingerprint density at radius 2 is 1.64 bits per heavy atom. The van der Waals surface area contributed by atoms with Gasteiger partial charge in [0, 0.05) is 23.3 Å². The number of carbonyl (C=O) groups is 2. The summed E-state index contributed by atoms with van der Waals surface area (Å²) in [5.41, 5.74) is 1.39. The molecule has 2 rings (SSSR count). The smallest absolute Gasteiger partial charge is 0.248 e. The molecule has 0 saturated heterocycles. The van der Waals surface area contributed by atoms with Gasteiger partial charge in [-0.1, -0.05) is 24.6 Å². The van der Waals surface area contributed by atoms with Crippen LogP contribution in [0.25, 0.3) is 0 Å². The Hall–Kier alpha value is -2.58. The van der Waals surface area contributed by atoms with Crippen molar-refractivity contribution in [3.63, 3.8) is 0 Å². The van der Waals surface area contributed by atoms with Gasteiger partial charge in [0.1, 0.15) is 6.04 Å². The Morgan fingerprint density at radius 3 is 2.11 bits per heavy atom. The number of rotatable bonds is 7. The molecule has 0 aliphatic heterocycles. The maximum absolute atomic E-state index is 12.8. The van der Waals surface area contributed by atoms with E-state index >= 15 is 0 Å². The van der Waals surface area contributed by atoms with Crippen LogP contribution >= 0.6 is 11.6 Å². The van der Waals surface area contributed by atoms with Gasteiger partial charge in [-0.3, -0.25) is 13.9 Å². The van der Waals surface area contributed by atoms with Crippen molar-refractivity contribution in [3.8, 4) is 0 Å². The first-order valence-electron chi connectivity index (χ1n) is 8.55. The number of anilines is 3. The standard InChI is InChI=1S/C19H22ClN3O4S/c1-4-18(23(28(3,26)27)17-7-5-6-14(20)12-17)19(25)22-16-10-8-15(9-11-16)21-13(2)24/h5-12,18H,4H2,1-3H3,(H,21,24)(H,22,25)/t18-/m0/s1. The van der Waals surface area contributed by atoms with Gasteiger partial charge in [-0.2, -0.15) is 0 Å². The normalized spacial score (nSPS) is 12.1. The molecule has 1 atom stereocenters. The van der Waals surface area contributed by atoms with Crippen molar-refractivity contribution in [1.29, 1.82) is 0 Å². The maximum atomic E-state index is 12.8. The maximum Gasteiger partial charge on any atom is 0.248 e. The molecule has 0 aliphatic rings. The van der Waals surface area contributed by atoms with Crippen molar-refractivity contribution in [1.82, 2.24) is 0 Å². The van der Waals surface area contributed by atoms with Crippen LogP contribution in [0.15, 0.2) is 48.5 Å². The fourth-order valence-corrected chi connectivity index (χ4v) is 4.13. The highest BCUT2D eigenvalue weighted by atomic mass is 35.5. The van der Waals surface area contributed by atoms with Crippen molar-refractivity contribution in [3.05, 3.63) is 53.6 Å². The van der Waals surface area contributed by atoms with Crippen LogP contribution in [0, 0.1) is 0 Å². The zero-order valence-corrected chi connectivity index (χ0v) is 17.3. The molecule has 2 amide bonds. The predicted octanol–water partition coefficient (Wildman–Crippen LogP) is 3.48. The fourth-order valence-electron chi connectivity index (χ4n) is 2.74. The van der Waals surface area contributed by atoms with E-state index in [4.69, 9.17) is 11.6 Å². The van der Waals surface area contributed by atoms with Crippen LogP contribution < -0.4 is 14.9 Å². The molecule has 7 nitrogen and oxygen atoms in total. The summed E-state index contributed by atoms with van der Waals surface area (Å²) in [5.74, 6) is -0.673. The number of nitrogens with one attached hydrogen (secondary N) is 2. The lowest BCUT2D eigenvalue weighted by atomic mass is 10.1. The molecule has 0 saturated carbocycles. The third-order valence-electron chi connectivity index (χ3n) is 3.87. The number of nitrogens with zero attached hydrogens (tertiary/aromatic N) is 1. The average Bonchev–Trinajstić information content (AvgIpc) is 2.59. The summed E-state index contributed by atoms with van der Waals surface area (Å²) >= 11 is 6.00. The molecule has 0 heterocycles. The SMILES string of the molecule is CC[C@@H](C(=O)Nc1ccc(NC(C)=O)cc1)N(c1cccc(Cl)c1)S(C)(=O)=O. The van der Waals surface area contributed by atoms with Crippen molar-refractivity contribution in [2.45, 2.75) is 26.3 Å². The summed E-state index contributed by atoms with van der Waals surface area (Å²) < 4.78 is 25.9. The monoisotopic (exact) mass is 423 g/mol. The highest BCUT2D eigenvalue weighted by Crippen LogP contribution is 2.26. The van der Waals surface area contributed by atoms with E-state index in [-0.39, 0.29) is 12.3 Å². The zero-order chi connectivity index (χ0) is 20.9. The van der Waals surface area contributed by atoms with Crippen LogP contribution in [0.4, 0.5) is 17.1 Å². The van der Waals surface area contributed by atoms with E-state index in [9.17, 15) is 18.0 Å². The quantitative estimate of drug-likeness (QED) is 0.712. The fraction of sp³-hybridized carbons (Fsp3) is 0.263. The second kappa shape index (κ2) is 9.07. The summed E-state index contributed by atoms with van der Waals surface area (Å²) in [6.45, 7) is 3.13. The summed E-state index contributed by atoms with van der Waals surface area (Å²) in [6, 6.07) is 11.9. The summed E-state index contributed by atoms with van der Waals surface area (Å²) in [6.07, 6.45) is 1.31. The van der Waals surface area contributed by atoms with Crippen LogP contribution in [0.2, 0.25) is 5.02 Å². The predicted molar refractivity (Wildman–Crippen MR) is 112 cm³/mol. The van der Waals surface area contributed by atoms with Gasteiger partial charge >= 0.3 is 0 Å². The molecule has 0 fully saturated rings. The number of benzene rings is 2. The minimum absolute atomic E-state index is 0.201. The first-order chi connectivity index (χ1) is 13.1. The molecule has 150 valence electrons. The lowest BCUT2D eigenvalue weighted by Gasteiger charge is -2.30. The minimum Gasteiger partial charge on any atom is -0.326 e.